The number of rotatable bonds is 5. The Hall–Kier alpha value is -1.39. The first kappa shape index (κ1) is 16.0. The lowest BCUT2D eigenvalue weighted by atomic mass is 10.0. The molecule has 0 bridgehead atoms. The summed E-state index contributed by atoms with van der Waals surface area (Å²) >= 11 is 3.45. The summed E-state index contributed by atoms with van der Waals surface area (Å²) in [7, 11) is 0. The zero-order valence-corrected chi connectivity index (χ0v) is 14.0. The van der Waals surface area contributed by atoms with E-state index in [2.05, 4.69) is 35.1 Å². The zero-order chi connectivity index (χ0) is 15.4. The van der Waals surface area contributed by atoms with E-state index in [0.29, 0.717) is 18.0 Å². The second-order valence-electron chi connectivity index (χ2n) is 5.74. The van der Waals surface area contributed by atoms with Crippen molar-refractivity contribution >= 4 is 32.6 Å². The molecular formula is C17H21BrN2O. The first-order valence-corrected chi connectivity index (χ1v) is 7.99. The number of halogens is 1. The molecule has 0 aliphatic heterocycles. The van der Waals surface area contributed by atoms with Crippen LogP contribution in [0.15, 0.2) is 40.9 Å². The van der Waals surface area contributed by atoms with Gasteiger partial charge in [-0.05, 0) is 47.4 Å². The fourth-order valence-corrected chi connectivity index (χ4v) is 2.79. The van der Waals surface area contributed by atoms with E-state index in [1.54, 1.807) is 0 Å². The van der Waals surface area contributed by atoms with Crippen LogP contribution in [0.1, 0.15) is 30.6 Å². The van der Waals surface area contributed by atoms with Crippen LogP contribution in [0.5, 0.6) is 0 Å². The summed E-state index contributed by atoms with van der Waals surface area (Å²) in [4.78, 5) is 12.3. The number of carbonyl (C=O) groups excluding carboxylic acids is 1. The fraction of sp³-hybridized carbons (Fsp3) is 0.353. The number of hydrogen-bond acceptors (Lipinski definition) is 2. The number of benzene rings is 2. The average molecular weight is 349 g/mol. The Balaban J connectivity index is 2.17. The van der Waals surface area contributed by atoms with Crippen LogP contribution < -0.4 is 11.1 Å². The lowest BCUT2D eigenvalue weighted by Crippen LogP contribution is -2.41. The molecule has 0 fully saturated rings. The number of amides is 1. The molecule has 0 spiro atoms. The molecule has 4 heteroatoms. The third-order valence-electron chi connectivity index (χ3n) is 3.44. The second kappa shape index (κ2) is 7.05. The lowest BCUT2D eigenvalue weighted by molar-refractivity contribution is 0.0934. The van der Waals surface area contributed by atoms with Crippen molar-refractivity contribution in [1.82, 2.24) is 5.32 Å². The molecule has 112 valence electrons. The van der Waals surface area contributed by atoms with E-state index in [9.17, 15) is 4.79 Å². The summed E-state index contributed by atoms with van der Waals surface area (Å²) in [5, 5.41) is 5.18. The third-order valence-corrected chi connectivity index (χ3v) is 3.93. The van der Waals surface area contributed by atoms with Crippen LogP contribution in [0.2, 0.25) is 0 Å². The molecule has 0 radical (unpaired) electrons. The molecular weight excluding hydrogens is 328 g/mol. The van der Waals surface area contributed by atoms with Gasteiger partial charge in [0.1, 0.15) is 0 Å². The maximum absolute atomic E-state index is 12.3. The van der Waals surface area contributed by atoms with Crippen LogP contribution in [0.25, 0.3) is 10.8 Å². The van der Waals surface area contributed by atoms with Crippen LogP contribution in [-0.2, 0) is 0 Å². The Bertz CT molecular complexity index is 640. The summed E-state index contributed by atoms with van der Waals surface area (Å²) in [6.07, 6.45) is 0.892. The summed E-state index contributed by atoms with van der Waals surface area (Å²) in [6, 6.07) is 11.8. The minimum absolute atomic E-state index is 0.0260. The second-order valence-corrected chi connectivity index (χ2v) is 6.66. The van der Waals surface area contributed by atoms with Crippen LogP contribution in [0, 0.1) is 5.92 Å². The Morgan fingerprint density at radius 2 is 1.86 bits per heavy atom. The Morgan fingerprint density at radius 3 is 2.52 bits per heavy atom. The van der Waals surface area contributed by atoms with Crippen molar-refractivity contribution < 1.29 is 4.79 Å². The van der Waals surface area contributed by atoms with E-state index < -0.39 is 0 Å². The van der Waals surface area contributed by atoms with E-state index in [4.69, 9.17) is 5.73 Å². The topological polar surface area (TPSA) is 55.1 Å². The molecule has 0 heterocycles. The van der Waals surface area contributed by atoms with Crippen molar-refractivity contribution in [2.45, 2.75) is 26.3 Å². The van der Waals surface area contributed by atoms with E-state index in [-0.39, 0.29) is 11.9 Å². The number of fused-ring (bicyclic) bond motifs is 1. The molecule has 2 rings (SSSR count). The molecule has 3 N–H and O–H groups in total. The highest BCUT2D eigenvalue weighted by molar-refractivity contribution is 9.10. The predicted octanol–water partition coefficient (Wildman–Crippen LogP) is 3.71. The molecule has 1 unspecified atom stereocenters. The number of carbonyl (C=O) groups is 1. The highest BCUT2D eigenvalue weighted by atomic mass is 79.9. The number of nitrogens with two attached hydrogens (primary N) is 1. The molecule has 0 aromatic heterocycles. The number of nitrogens with one attached hydrogen (secondary N) is 1. The highest BCUT2D eigenvalue weighted by Gasteiger charge is 2.14. The molecule has 21 heavy (non-hydrogen) atoms. The standard InChI is InChI=1S/C17H21BrN2O/c1-11(2)7-16(10-19)20-17(21)14-4-3-13-9-15(18)6-5-12(13)8-14/h3-6,8-9,11,16H,7,10,19H2,1-2H3,(H,20,21). The molecule has 2 aromatic carbocycles. The highest BCUT2D eigenvalue weighted by Crippen LogP contribution is 2.21. The summed E-state index contributed by atoms with van der Waals surface area (Å²) in [5.41, 5.74) is 6.41. The van der Waals surface area contributed by atoms with E-state index in [1.165, 1.54) is 0 Å². The summed E-state index contributed by atoms with van der Waals surface area (Å²) in [5.74, 6) is 0.448. The monoisotopic (exact) mass is 348 g/mol. The molecule has 2 aromatic rings. The third kappa shape index (κ3) is 4.29. The van der Waals surface area contributed by atoms with Crippen molar-refractivity contribution in [2.75, 3.05) is 6.54 Å². The van der Waals surface area contributed by atoms with Gasteiger partial charge in [-0.1, -0.05) is 41.9 Å². The molecule has 0 saturated carbocycles. The minimum atomic E-state index is -0.0593. The molecule has 0 aliphatic carbocycles. The van der Waals surface area contributed by atoms with Gasteiger partial charge in [0, 0.05) is 22.6 Å². The first-order chi connectivity index (χ1) is 9.99. The van der Waals surface area contributed by atoms with Crippen LogP contribution in [-0.4, -0.2) is 18.5 Å². The number of hydrogen-bond donors (Lipinski definition) is 2. The van der Waals surface area contributed by atoms with Gasteiger partial charge in [0.2, 0.25) is 0 Å². The summed E-state index contributed by atoms with van der Waals surface area (Å²) < 4.78 is 1.03. The van der Waals surface area contributed by atoms with Gasteiger partial charge in [-0.25, -0.2) is 0 Å². The first-order valence-electron chi connectivity index (χ1n) is 7.20. The molecule has 0 saturated heterocycles. The van der Waals surface area contributed by atoms with Crippen LogP contribution in [0.4, 0.5) is 0 Å². The predicted molar refractivity (Wildman–Crippen MR) is 91.4 cm³/mol. The fourth-order valence-electron chi connectivity index (χ4n) is 2.41. The van der Waals surface area contributed by atoms with Gasteiger partial charge in [-0.3, -0.25) is 4.79 Å². The van der Waals surface area contributed by atoms with Crippen molar-refractivity contribution in [3.05, 3.63) is 46.4 Å². The maximum Gasteiger partial charge on any atom is 0.251 e. The van der Waals surface area contributed by atoms with Crippen LogP contribution in [0.3, 0.4) is 0 Å². The largest absolute Gasteiger partial charge is 0.348 e. The Morgan fingerprint density at radius 1 is 1.19 bits per heavy atom. The molecule has 3 nitrogen and oxygen atoms in total. The molecule has 1 amide bonds. The van der Waals surface area contributed by atoms with Gasteiger partial charge in [-0.15, -0.1) is 0 Å². The van der Waals surface area contributed by atoms with Gasteiger partial charge in [0.05, 0.1) is 0 Å². The van der Waals surface area contributed by atoms with Crippen LogP contribution >= 0.6 is 15.9 Å². The van der Waals surface area contributed by atoms with Gasteiger partial charge in [0.25, 0.3) is 5.91 Å². The van der Waals surface area contributed by atoms with Gasteiger partial charge in [0.15, 0.2) is 0 Å². The van der Waals surface area contributed by atoms with E-state index in [0.717, 1.165) is 21.7 Å². The average Bonchev–Trinajstić information content (AvgIpc) is 2.45. The molecule has 1 atom stereocenters. The van der Waals surface area contributed by atoms with E-state index >= 15 is 0 Å². The Kier molecular flexibility index (Phi) is 5.37. The zero-order valence-electron chi connectivity index (χ0n) is 12.4. The minimum Gasteiger partial charge on any atom is -0.348 e. The summed E-state index contributed by atoms with van der Waals surface area (Å²) in [6.45, 7) is 4.72. The van der Waals surface area contributed by atoms with Crippen molar-refractivity contribution in [2.24, 2.45) is 11.7 Å². The van der Waals surface area contributed by atoms with Crippen molar-refractivity contribution in [3.8, 4) is 0 Å². The normalized spacial score (nSPS) is 12.6. The quantitative estimate of drug-likeness (QED) is 0.865. The van der Waals surface area contributed by atoms with Gasteiger partial charge < -0.3 is 11.1 Å². The van der Waals surface area contributed by atoms with Crippen molar-refractivity contribution in [3.63, 3.8) is 0 Å². The molecule has 0 aliphatic rings. The van der Waals surface area contributed by atoms with E-state index in [1.807, 2.05) is 36.4 Å². The Labute approximate surface area is 134 Å². The van der Waals surface area contributed by atoms with Gasteiger partial charge in [-0.2, -0.15) is 0 Å². The van der Waals surface area contributed by atoms with Gasteiger partial charge >= 0.3 is 0 Å². The SMILES string of the molecule is CC(C)CC(CN)NC(=O)c1ccc2cc(Br)ccc2c1. The smallest absolute Gasteiger partial charge is 0.251 e. The maximum atomic E-state index is 12.3. The lowest BCUT2D eigenvalue weighted by Gasteiger charge is -2.19. The van der Waals surface area contributed by atoms with Crippen molar-refractivity contribution in [1.29, 1.82) is 0 Å².